The summed E-state index contributed by atoms with van der Waals surface area (Å²) in [7, 11) is 0. The first-order chi connectivity index (χ1) is 16.3. The molecule has 0 spiro atoms. The molecule has 182 valence electrons. The lowest BCUT2D eigenvalue weighted by Crippen LogP contribution is -2.34. The van der Waals surface area contributed by atoms with Crippen LogP contribution in [0.2, 0.25) is 0 Å². The first kappa shape index (κ1) is 26.4. The van der Waals surface area contributed by atoms with E-state index in [0.717, 1.165) is 5.69 Å². The predicted octanol–water partition coefficient (Wildman–Crippen LogP) is 3.08. The third kappa shape index (κ3) is 9.35. The van der Waals surface area contributed by atoms with E-state index in [9.17, 15) is 19.5 Å². The van der Waals surface area contributed by atoms with Crippen LogP contribution in [-0.4, -0.2) is 47.2 Å². The quantitative estimate of drug-likeness (QED) is 0.227. The minimum absolute atomic E-state index is 0.101. The third-order valence-corrected chi connectivity index (χ3v) is 4.93. The maximum atomic E-state index is 12.2. The van der Waals surface area contributed by atoms with Crippen molar-refractivity contribution in [3.05, 3.63) is 48.5 Å². The SMILES string of the molecule is NCCNc1ccc(/N=N/c2ccc(NC(=O)CCCC(C[C@H](N)C(=O)O)C(=O)O)cc2)cc1. The van der Waals surface area contributed by atoms with Crippen LogP contribution in [0.1, 0.15) is 25.7 Å². The zero-order chi connectivity index (χ0) is 24.9. The highest BCUT2D eigenvalue weighted by Crippen LogP contribution is 2.22. The molecule has 34 heavy (non-hydrogen) atoms. The number of hydrogen-bond acceptors (Lipinski definition) is 8. The van der Waals surface area contributed by atoms with Gasteiger partial charge >= 0.3 is 11.9 Å². The summed E-state index contributed by atoms with van der Waals surface area (Å²) in [6.07, 6.45) is 0.371. The van der Waals surface area contributed by atoms with Crippen LogP contribution in [0.15, 0.2) is 58.8 Å². The molecule has 0 aliphatic heterocycles. The van der Waals surface area contributed by atoms with Crippen LogP contribution < -0.4 is 22.1 Å². The molecule has 11 nitrogen and oxygen atoms in total. The molecule has 0 heterocycles. The fourth-order valence-electron chi connectivity index (χ4n) is 3.07. The van der Waals surface area contributed by atoms with Crippen molar-refractivity contribution in [3.8, 4) is 0 Å². The fourth-order valence-corrected chi connectivity index (χ4v) is 3.07. The maximum absolute atomic E-state index is 12.2. The molecule has 1 amide bonds. The van der Waals surface area contributed by atoms with E-state index in [-0.39, 0.29) is 25.2 Å². The summed E-state index contributed by atoms with van der Waals surface area (Å²) < 4.78 is 0. The van der Waals surface area contributed by atoms with Gasteiger partial charge < -0.3 is 32.3 Å². The van der Waals surface area contributed by atoms with Gasteiger partial charge in [-0.15, -0.1) is 0 Å². The Morgan fingerprint density at radius 2 is 1.44 bits per heavy atom. The topological polar surface area (TPSA) is 192 Å². The number of nitrogens with one attached hydrogen (secondary N) is 2. The van der Waals surface area contributed by atoms with E-state index < -0.39 is 23.9 Å². The van der Waals surface area contributed by atoms with E-state index in [2.05, 4.69) is 20.9 Å². The second-order valence-electron chi connectivity index (χ2n) is 7.67. The molecule has 8 N–H and O–H groups in total. The molecule has 0 bridgehead atoms. The molecule has 11 heteroatoms. The number of carbonyl (C=O) groups excluding carboxylic acids is 1. The molecule has 0 aliphatic rings. The molecular weight excluding hydrogens is 440 g/mol. The average Bonchev–Trinajstić information content (AvgIpc) is 2.82. The predicted molar refractivity (Wildman–Crippen MR) is 128 cm³/mol. The number of azo groups is 1. The lowest BCUT2D eigenvalue weighted by Gasteiger charge is -2.14. The van der Waals surface area contributed by atoms with E-state index in [0.29, 0.717) is 36.6 Å². The molecular formula is C23H30N6O5. The lowest BCUT2D eigenvalue weighted by atomic mass is 9.94. The Balaban J connectivity index is 1.80. The van der Waals surface area contributed by atoms with Gasteiger partial charge in [-0.2, -0.15) is 10.2 Å². The van der Waals surface area contributed by atoms with Crippen molar-refractivity contribution in [2.75, 3.05) is 23.7 Å². The van der Waals surface area contributed by atoms with Gasteiger partial charge in [-0.3, -0.25) is 14.4 Å². The van der Waals surface area contributed by atoms with Crippen LogP contribution in [0.25, 0.3) is 0 Å². The van der Waals surface area contributed by atoms with Crippen LogP contribution in [-0.2, 0) is 14.4 Å². The van der Waals surface area contributed by atoms with Gasteiger partial charge in [0.1, 0.15) is 6.04 Å². The summed E-state index contributed by atoms with van der Waals surface area (Å²) in [6, 6.07) is 13.0. The molecule has 2 rings (SSSR count). The van der Waals surface area contributed by atoms with Crippen molar-refractivity contribution in [2.24, 2.45) is 27.6 Å². The Bertz CT molecular complexity index is 978. The Morgan fingerprint density at radius 3 is 1.94 bits per heavy atom. The molecule has 0 aliphatic carbocycles. The minimum atomic E-state index is -1.25. The van der Waals surface area contributed by atoms with Crippen molar-refractivity contribution in [2.45, 2.75) is 31.7 Å². The van der Waals surface area contributed by atoms with Gasteiger partial charge in [-0.05, 0) is 67.8 Å². The molecule has 0 saturated carbocycles. The Labute approximate surface area is 197 Å². The number of aliphatic carboxylic acids is 2. The monoisotopic (exact) mass is 470 g/mol. The van der Waals surface area contributed by atoms with Crippen molar-refractivity contribution in [3.63, 3.8) is 0 Å². The first-order valence-corrected chi connectivity index (χ1v) is 10.9. The Morgan fingerprint density at radius 1 is 0.882 bits per heavy atom. The molecule has 2 aromatic rings. The summed E-state index contributed by atoms with van der Waals surface area (Å²) in [6.45, 7) is 1.24. The van der Waals surface area contributed by atoms with E-state index in [1.54, 1.807) is 24.3 Å². The largest absolute Gasteiger partial charge is 0.481 e. The summed E-state index contributed by atoms with van der Waals surface area (Å²) in [5.74, 6) is -3.56. The van der Waals surface area contributed by atoms with Crippen LogP contribution in [0.3, 0.4) is 0 Å². The minimum Gasteiger partial charge on any atom is -0.481 e. The van der Waals surface area contributed by atoms with E-state index in [1.165, 1.54) is 0 Å². The van der Waals surface area contributed by atoms with Gasteiger partial charge in [-0.1, -0.05) is 0 Å². The normalized spacial score (nSPS) is 12.8. The highest BCUT2D eigenvalue weighted by molar-refractivity contribution is 5.90. The molecule has 0 radical (unpaired) electrons. The smallest absolute Gasteiger partial charge is 0.320 e. The zero-order valence-corrected chi connectivity index (χ0v) is 18.7. The standard InChI is InChI=1S/C23H30N6O5/c24-12-13-26-16-4-8-18(9-5-16)28-29-19-10-6-17(7-11-19)27-21(30)3-1-2-15(22(31)32)14-20(25)23(33)34/h4-11,15,20,26H,1-3,12-14,24-25H2,(H,27,30)(H,31,32)(H,33,34)/b29-28+/t15?,20-/m0/s1. The lowest BCUT2D eigenvalue weighted by molar-refractivity contribution is -0.144. The summed E-state index contributed by atoms with van der Waals surface area (Å²) in [4.78, 5) is 34.3. The molecule has 0 saturated heterocycles. The van der Waals surface area contributed by atoms with Crippen LogP contribution in [0.5, 0.6) is 0 Å². The summed E-state index contributed by atoms with van der Waals surface area (Å²) >= 11 is 0. The van der Waals surface area contributed by atoms with Crippen molar-refractivity contribution in [1.29, 1.82) is 0 Å². The number of benzene rings is 2. The van der Waals surface area contributed by atoms with Gasteiger partial charge in [-0.25, -0.2) is 0 Å². The maximum Gasteiger partial charge on any atom is 0.320 e. The van der Waals surface area contributed by atoms with Gasteiger partial charge in [0, 0.05) is 30.9 Å². The second kappa shape index (κ2) is 13.7. The number of rotatable bonds is 14. The first-order valence-electron chi connectivity index (χ1n) is 10.9. The number of carboxylic acids is 2. The van der Waals surface area contributed by atoms with Gasteiger partial charge in [0.25, 0.3) is 0 Å². The number of carboxylic acid groups (broad SMARTS) is 2. The van der Waals surface area contributed by atoms with Crippen LogP contribution in [0, 0.1) is 5.92 Å². The molecule has 0 aromatic heterocycles. The van der Waals surface area contributed by atoms with Crippen LogP contribution >= 0.6 is 0 Å². The van der Waals surface area contributed by atoms with E-state index in [1.807, 2.05) is 24.3 Å². The Kier molecular flexibility index (Phi) is 10.6. The fraction of sp³-hybridized carbons (Fsp3) is 0.348. The molecule has 1 unspecified atom stereocenters. The molecule has 2 atom stereocenters. The number of nitrogens with two attached hydrogens (primary N) is 2. The van der Waals surface area contributed by atoms with E-state index >= 15 is 0 Å². The summed E-state index contributed by atoms with van der Waals surface area (Å²) in [5, 5.41) is 32.3. The number of anilines is 2. The number of carbonyl (C=O) groups is 3. The average molecular weight is 471 g/mol. The van der Waals surface area contributed by atoms with Crippen molar-refractivity contribution >= 4 is 40.6 Å². The summed E-state index contributed by atoms with van der Waals surface area (Å²) in [5.41, 5.74) is 13.7. The second-order valence-corrected chi connectivity index (χ2v) is 7.67. The number of amides is 1. The number of nitrogens with zero attached hydrogens (tertiary/aromatic N) is 2. The van der Waals surface area contributed by atoms with Gasteiger partial charge in [0.2, 0.25) is 5.91 Å². The van der Waals surface area contributed by atoms with E-state index in [4.69, 9.17) is 16.6 Å². The number of hydrogen-bond donors (Lipinski definition) is 6. The van der Waals surface area contributed by atoms with Crippen molar-refractivity contribution in [1.82, 2.24) is 0 Å². The highest BCUT2D eigenvalue weighted by Gasteiger charge is 2.24. The highest BCUT2D eigenvalue weighted by atomic mass is 16.4. The molecule has 2 aromatic carbocycles. The Hall–Kier alpha value is -3.83. The zero-order valence-electron chi connectivity index (χ0n) is 18.7. The van der Waals surface area contributed by atoms with Crippen LogP contribution in [0.4, 0.5) is 22.7 Å². The van der Waals surface area contributed by atoms with Crippen molar-refractivity contribution < 1.29 is 24.6 Å². The third-order valence-electron chi connectivity index (χ3n) is 4.93. The van der Waals surface area contributed by atoms with Gasteiger partial charge in [0.15, 0.2) is 0 Å². The molecule has 0 fully saturated rings. The van der Waals surface area contributed by atoms with Gasteiger partial charge in [0.05, 0.1) is 17.3 Å².